The summed E-state index contributed by atoms with van der Waals surface area (Å²) >= 11 is 0. The average molecular weight is 653 g/mol. The van der Waals surface area contributed by atoms with Gasteiger partial charge >= 0.3 is 0 Å². The third-order valence-electron chi connectivity index (χ3n) is 7.94. The molecule has 256 valence electrons. The standard InChI is InChI=1S/C34H42N6O2.C3H4O.C2H6/c1-4-12-24-19-27(22-29(20-24)42-3)37-34-33(38-30-17-9-10-18-31(30)39-34)36-26-14-11-13-25(21-26)35-32(41)23-40(5-2)28-15-7-6-8-16-28;1-2-3-4;1-2/h9-11,13-14,17-22,28H,4-8,12,15-16,23H2,1-3H3,(H,35,41)(H,36,38)(H,37,39);4H,1H3;1-2H3. The Bertz CT molecular complexity index is 1640. The zero-order chi connectivity index (χ0) is 34.7. The highest BCUT2D eigenvalue weighted by Gasteiger charge is 2.22. The number of nitrogens with zero attached hydrogens (tertiary/aromatic N) is 3. The van der Waals surface area contributed by atoms with E-state index in [1.54, 1.807) is 20.1 Å². The van der Waals surface area contributed by atoms with Crippen molar-refractivity contribution in [2.75, 3.05) is 36.1 Å². The Balaban J connectivity index is 0.000000970. The van der Waals surface area contributed by atoms with Gasteiger partial charge in [0.15, 0.2) is 11.6 Å². The number of hydrogen-bond donors (Lipinski definition) is 4. The topological polar surface area (TPSA) is 112 Å². The number of para-hydroxylation sites is 2. The lowest BCUT2D eigenvalue weighted by Crippen LogP contribution is -2.41. The quantitative estimate of drug-likeness (QED) is 0.112. The van der Waals surface area contributed by atoms with Crippen LogP contribution in [0.15, 0.2) is 66.7 Å². The number of benzene rings is 3. The lowest BCUT2D eigenvalue weighted by molar-refractivity contribution is -0.118. The van der Waals surface area contributed by atoms with Gasteiger partial charge in [-0.2, -0.15) is 0 Å². The van der Waals surface area contributed by atoms with E-state index in [-0.39, 0.29) is 5.91 Å². The Morgan fingerprint density at radius 1 is 0.896 bits per heavy atom. The number of ether oxygens (including phenoxy) is 1. The lowest BCUT2D eigenvalue weighted by Gasteiger charge is -2.32. The first-order valence-corrected chi connectivity index (χ1v) is 17.1. The second kappa shape index (κ2) is 20.4. The summed E-state index contributed by atoms with van der Waals surface area (Å²) in [6.45, 7) is 11.2. The van der Waals surface area contributed by atoms with Crippen LogP contribution in [0, 0.1) is 12.0 Å². The molecule has 0 radical (unpaired) electrons. The number of aliphatic hydroxyl groups is 1. The molecule has 4 N–H and O–H groups in total. The molecule has 9 nitrogen and oxygen atoms in total. The lowest BCUT2D eigenvalue weighted by atomic mass is 9.94. The molecule has 0 aliphatic heterocycles. The summed E-state index contributed by atoms with van der Waals surface area (Å²) in [4.78, 5) is 25.1. The second-order valence-electron chi connectivity index (χ2n) is 11.3. The van der Waals surface area contributed by atoms with Gasteiger partial charge in [-0.3, -0.25) is 9.69 Å². The van der Waals surface area contributed by atoms with E-state index in [2.05, 4.69) is 52.8 Å². The first kappa shape index (κ1) is 37.6. The summed E-state index contributed by atoms with van der Waals surface area (Å²) in [5, 5.41) is 17.5. The zero-order valence-electron chi connectivity index (χ0n) is 29.4. The molecule has 1 amide bonds. The maximum atomic E-state index is 13.0. The van der Waals surface area contributed by atoms with E-state index in [0.29, 0.717) is 24.2 Å². The van der Waals surface area contributed by atoms with Crippen LogP contribution in [0.25, 0.3) is 11.0 Å². The summed E-state index contributed by atoms with van der Waals surface area (Å²) in [5.74, 6) is 4.23. The number of amides is 1. The first-order chi connectivity index (χ1) is 23.5. The van der Waals surface area contributed by atoms with Crippen LogP contribution in [0.4, 0.5) is 28.7 Å². The van der Waals surface area contributed by atoms with Crippen LogP contribution in [-0.2, 0) is 11.2 Å². The highest BCUT2D eigenvalue weighted by Crippen LogP contribution is 2.31. The summed E-state index contributed by atoms with van der Waals surface area (Å²) in [5.41, 5.74) is 5.19. The molecule has 48 heavy (non-hydrogen) atoms. The van der Waals surface area contributed by atoms with Crippen LogP contribution in [0.3, 0.4) is 0 Å². The Morgan fingerprint density at radius 2 is 1.52 bits per heavy atom. The van der Waals surface area contributed by atoms with Gasteiger partial charge in [0, 0.05) is 36.1 Å². The minimum atomic E-state index is 0.00772. The van der Waals surface area contributed by atoms with E-state index in [1.165, 1.54) is 37.7 Å². The number of aromatic nitrogens is 2. The maximum Gasteiger partial charge on any atom is 0.238 e. The number of anilines is 5. The summed E-state index contributed by atoms with van der Waals surface area (Å²) in [6, 6.07) is 22.2. The molecular weight excluding hydrogens is 600 g/mol. The molecule has 1 aliphatic rings. The molecule has 5 rings (SSSR count). The van der Waals surface area contributed by atoms with Crippen LogP contribution < -0.4 is 20.7 Å². The van der Waals surface area contributed by atoms with Gasteiger partial charge in [-0.1, -0.05) is 77.5 Å². The van der Waals surface area contributed by atoms with Gasteiger partial charge in [-0.25, -0.2) is 9.97 Å². The molecule has 4 aromatic rings. The largest absolute Gasteiger partial charge is 0.497 e. The first-order valence-electron chi connectivity index (χ1n) is 17.1. The molecule has 0 unspecified atom stereocenters. The van der Waals surface area contributed by atoms with E-state index in [1.807, 2.05) is 68.4 Å². The number of methoxy groups -OCH3 is 1. The Kier molecular flexibility index (Phi) is 16.0. The SMILES string of the molecule is CC.CC#CO.CCCc1cc(Nc2nc3ccccc3nc2Nc2cccc(NC(=O)CN(CC)C3CCCCC3)c2)cc(OC)c1. The predicted octanol–water partition coefficient (Wildman–Crippen LogP) is 9.04. The van der Waals surface area contributed by atoms with Gasteiger partial charge in [-0.15, -0.1) is 0 Å². The highest BCUT2D eigenvalue weighted by atomic mass is 16.5. The molecule has 0 saturated heterocycles. The maximum absolute atomic E-state index is 13.0. The fraction of sp³-hybridized carbons (Fsp3) is 0.410. The zero-order valence-corrected chi connectivity index (χ0v) is 29.4. The van der Waals surface area contributed by atoms with Crippen molar-refractivity contribution in [1.82, 2.24) is 14.9 Å². The van der Waals surface area contributed by atoms with Crippen LogP contribution in [0.2, 0.25) is 0 Å². The number of hydrogen-bond acceptors (Lipinski definition) is 8. The molecule has 1 aliphatic carbocycles. The molecule has 0 spiro atoms. The van der Waals surface area contributed by atoms with Crippen molar-refractivity contribution in [3.05, 3.63) is 72.3 Å². The molecule has 1 heterocycles. The number of carbonyl (C=O) groups is 1. The van der Waals surface area contributed by atoms with Crippen molar-refractivity contribution < 1.29 is 14.6 Å². The van der Waals surface area contributed by atoms with Crippen molar-refractivity contribution in [3.63, 3.8) is 0 Å². The van der Waals surface area contributed by atoms with Gasteiger partial charge in [0.1, 0.15) is 11.9 Å². The monoisotopic (exact) mass is 652 g/mol. The van der Waals surface area contributed by atoms with Gasteiger partial charge in [0.05, 0.1) is 24.7 Å². The highest BCUT2D eigenvalue weighted by molar-refractivity contribution is 5.93. The number of carbonyl (C=O) groups excluding carboxylic acids is 1. The Morgan fingerprint density at radius 3 is 2.10 bits per heavy atom. The van der Waals surface area contributed by atoms with E-state index >= 15 is 0 Å². The molecule has 3 aromatic carbocycles. The Labute approximate surface area is 286 Å². The van der Waals surface area contributed by atoms with Crippen molar-refractivity contribution in [3.8, 4) is 17.8 Å². The van der Waals surface area contributed by atoms with Crippen LogP contribution in [-0.4, -0.2) is 52.1 Å². The average Bonchev–Trinajstić information content (AvgIpc) is 3.12. The Hall–Kier alpha value is -4.81. The number of likely N-dealkylation sites (N-methyl/N-ethyl adjacent to an activating group) is 1. The van der Waals surface area contributed by atoms with Gasteiger partial charge in [-0.05, 0) is 73.8 Å². The van der Waals surface area contributed by atoms with E-state index < -0.39 is 0 Å². The number of fused-ring (bicyclic) bond motifs is 1. The molecule has 9 heteroatoms. The smallest absolute Gasteiger partial charge is 0.238 e. The van der Waals surface area contributed by atoms with Crippen molar-refractivity contribution >= 4 is 45.6 Å². The fourth-order valence-electron chi connectivity index (χ4n) is 5.74. The third kappa shape index (κ3) is 11.5. The summed E-state index contributed by atoms with van der Waals surface area (Å²) < 4.78 is 5.56. The number of aryl methyl sites for hydroxylation is 1. The minimum Gasteiger partial charge on any atom is -0.497 e. The number of nitrogens with one attached hydrogen (secondary N) is 3. The molecule has 0 bridgehead atoms. The van der Waals surface area contributed by atoms with Crippen molar-refractivity contribution in [2.45, 2.75) is 85.6 Å². The second-order valence-corrected chi connectivity index (χ2v) is 11.3. The van der Waals surface area contributed by atoms with Gasteiger partial charge in [0.2, 0.25) is 5.91 Å². The molecular formula is C39H52N6O3. The third-order valence-corrected chi connectivity index (χ3v) is 7.94. The molecule has 1 aromatic heterocycles. The molecule has 1 saturated carbocycles. The molecule has 0 atom stereocenters. The fourth-order valence-corrected chi connectivity index (χ4v) is 5.74. The number of aliphatic hydroxyl groups excluding tert-OH is 1. The van der Waals surface area contributed by atoms with Crippen molar-refractivity contribution in [2.24, 2.45) is 0 Å². The van der Waals surface area contributed by atoms with E-state index in [9.17, 15) is 4.79 Å². The van der Waals surface area contributed by atoms with Crippen molar-refractivity contribution in [1.29, 1.82) is 0 Å². The van der Waals surface area contributed by atoms with Gasteiger partial charge < -0.3 is 25.8 Å². The van der Waals surface area contributed by atoms with E-state index in [4.69, 9.17) is 19.8 Å². The van der Waals surface area contributed by atoms with Crippen LogP contribution in [0.5, 0.6) is 5.75 Å². The summed E-state index contributed by atoms with van der Waals surface area (Å²) in [6.07, 6.45) is 9.84. The van der Waals surface area contributed by atoms with Crippen LogP contribution in [0.1, 0.15) is 78.7 Å². The normalized spacial score (nSPS) is 12.4. The summed E-state index contributed by atoms with van der Waals surface area (Å²) in [7, 11) is 1.68. The van der Waals surface area contributed by atoms with E-state index in [0.717, 1.165) is 53.2 Å². The predicted molar refractivity (Wildman–Crippen MR) is 199 cm³/mol. The minimum absolute atomic E-state index is 0.00772. The van der Waals surface area contributed by atoms with Gasteiger partial charge in [0.25, 0.3) is 0 Å². The van der Waals surface area contributed by atoms with Crippen LogP contribution >= 0.6 is 0 Å². The number of rotatable bonds is 12. The molecule has 1 fully saturated rings.